The Morgan fingerprint density at radius 3 is 2.82 bits per heavy atom. The zero-order chi connectivity index (χ0) is 12.8. The fourth-order valence-corrected chi connectivity index (χ4v) is 1.92. The minimum Gasteiger partial charge on any atom is -0.383 e. The van der Waals surface area contributed by atoms with E-state index in [4.69, 9.17) is 4.74 Å². The number of urea groups is 1. The SMILES string of the molecule is COC[C@H](C)NC(=O)Nc1ccc(Br)cc1C. The van der Waals surface area contributed by atoms with Crippen molar-refractivity contribution in [3.63, 3.8) is 0 Å². The van der Waals surface area contributed by atoms with E-state index in [-0.39, 0.29) is 12.1 Å². The predicted molar refractivity (Wildman–Crippen MR) is 72.4 cm³/mol. The molecule has 1 rings (SSSR count). The molecule has 0 saturated carbocycles. The molecule has 1 aromatic carbocycles. The van der Waals surface area contributed by atoms with E-state index in [2.05, 4.69) is 26.6 Å². The van der Waals surface area contributed by atoms with E-state index in [1.165, 1.54) is 0 Å². The lowest BCUT2D eigenvalue weighted by molar-refractivity contribution is 0.173. The number of halogens is 1. The fourth-order valence-electron chi connectivity index (χ4n) is 1.44. The molecule has 0 aliphatic rings. The first-order valence-electron chi connectivity index (χ1n) is 5.35. The molecule has 0 spiro atoms. The van der Waals surface area contributed by atoms with Gasteiger partial charge in [-0.1, -0.05) is 15.9 Å². The Balaban J connectivity index is 2.56. The van der Waals surface area contributed by atoms with Crippen molar-refractivity contribution in [3.8, 4) is 0 Å². The zero-order valence-electron chi connectivity index (χ0n) is 10.2. The van der Waals surface area contributed by atoms with Crippen LogP contribution >= 0.6 is 15.9 Å². The van der Waals surface area contributed by atoms with Crippen LogP contribution in [0.1, 0.15) is 12.5 Å². The smallest absolute Gasteiger partial charge is 0.319 e. The van der Waals surface area contributed by atoms with E-state index in [0.29, 0.717) is 6.61 Å². The second-order valence-corrected chi connectivity index (χ2v) is 4.83. The van der Waals surface area contributed by atoms with E-state index in [9.17, 15) is 4.79 Å². The maximum atomic E-state index is 11.6. The second-order valence-electron chi connectivity index (χ2n) is 3.91. The Morgan fingerprint density at radius 1 is 1.53 bits per heavy atom. The molecule has 0 saturated heterocycles. The third-order valence-electron chi connectivity index (χ3n) is 2.23. The number of rotatable bonds is 4. The summed E-state index contributed by atoms with van der Waals surface area (Å²) in [4.78, 5) is 11.6. The van der Waals surface area contributed by atoms with Gasteiger partial charge in [-0.2, -0.15) is 0 Å². The molecule has 5 heteroatoms. The van der Waals surface area contributed by atoms with Gasteiger partial charge in [0.05, 0.1) is 12.6 Å². The highest BCUT2D eigenvalue weighted by Gasteiger charge is 2.08. The number of anilines is 1. The topological polar surface area (TPSA) is 50.4 Å². The lowest BCUT2D eigenvalue weighted by Gasteiger charge is -2.14. The first kappa shape index (κ1) is 14.0. The Bertz CT molecular complexity index is 396. The zero-order valence-corrected chi connectivity index (χ0v) is 11.8. The molecule has 1 aromatic rings. The number of amides is 2. The molecule has 0 aromatic heterocycles. The summed E-state index contributed by atoms with van der Waals surface area (Å²) in [7, 11) is 1.61. The summed E-state index contributed by atoms with van der Waals surface area (Å²) in [6.45, 7) is 4.32. The van der Waals surface area contributed by atoms with Crippen LogP contribution in [-0.4, -0.2) is 25.8 Å². The van der Waals surface area contributed by atoms with Crippen LogP contribution in [-0.2, 0) is 4.74 Å². The van der Waals surface area contributed by atoms with Crippen molar-refractivity contribution in [2.24, 2.45) is 0 Å². The van der Waals surface area contributed by atoms with Gasteiger partial charge < -0.3 is 15.4 Å². The van der Waals surface area contributed by atoms with Gasteiger partial charge in [0.1, 0.15) is 0 Å². The van der Waals surface area contributed by atoms with E-state index in [0.717, 1.165) is 15.7 Å². The van der Waals surface area contributed by atoms with Crippen molar-refractivity contribution in [1.82, 2.24) is 5.32 Å². The number of ether oxygens (including phenoxy) is 1. The standard InChI is InChI=1S/C12H17BrN2O2/c1-8-6-10(13)4-5-11(8)15-12(16)14-9(2)7-17-3/h4-6,9H,7H2,1-3H3,(H2,14,15,16)/t9-/m0/s1. The minimum absolute atomic E-state index is 0.0178. The largest absolute Gasteiger partial charge is 0.383 e. The molecule has 17 heavy (non-hydrogen) atoms. The normalized spacial score (nSPS) is 12.0. The lowest BCUT2D eigenvalue weighted by atomic mass is 10.2. The average molecular weight is 301 g/mol. The van der Waals surface area contributed by atoms with Crippen LogP contribution in [0.25, 0.3) is 0 Å². The van der Waals surface area contributed by atoms with E-state index in [1.807, 2.05) is 32.0 Å². The molecule has 0 bridgehead atoms. The van der Waals surface area contributed by atoms with E-state index < -0.39 is 0 Å². The van der Waals surface area contributed by atoms with Gasteiger partial charge in [0.2, 0.25) is 0 Å². The summed E-state index contributed by atoms with van der Waals surface area (Å²) in [5, 5.41) is 5.58. The highest BCUT2D eigenvalue weighted by Crippen LogP contribution is 2.19. The summed E-state index contributed by atoms with van der Waals surface area (Å²) in [5.41, 5.74) is 1.81. The predicted octanol–water partition coefficient (Wildman–Crippen LogP) is 2.91. The Morgan fingerprint density at radius 2 is 2.24 bits per heavy atom. The fraction of sp³-hybridized carbons (Fsp3) is 0.417. The van der Waals surface area contributed by atoms with Crippen LogP contribution in [0, 0.1) is 6.92 Å². The molecule has 4 nitrogen and oxygen atoms in total. The molecule has 2 N–H and O–H groups in total. The van der Waals surface area contributed by atoms with Crippen LogP contribution in [0.5, 0.6) is 0 Å². The maximum absolute atomic E-state index is 11.6. The molecule has 0 heterocycles. The number of benzene rings is 1. The van der Waals surface area contributed by atoms with Crippen molar-refractivity contribution in [3.05, 3.63) is 28.2 Å². The number of hydrogen-bond donors (Lipinski definition) is 2. The number of nitrogens with one attached hydrogen (secondary N) is 2. The van der Waals surface area contributed by atoms with Crippen LogP contribution in [0.4, 0.5) is 10.5 Å². The van der Waals surface area contributed by atoms with Crippen LogP contribution in [0.3, 0.4) is 0 Å². The highest BCUT2D eigenvalue weighted by molar-refractivity contribution is 9.10. The number of methoxy groups -OCH3 is 1. The molecule has 0 fully saturated rings. The first-order valence-corrected chi connectivity index (χ1v) is 6.15. The Hall–Kier alpha value is -1.07. The third kappa shape index (κ3) is 4.75. The third-order valence-corrected chi connectivity index (χ3v) is 2.72. The summed E-state index contributed by atoms with van der Waals surface area (Å²) in [6, 6.07) is 5.46. The van der Waals surface area contributed by atoms with Gasteiger partial charge >= 0.3 is 6.03 Å². The highest BCUT2D eigenvalue weighted by atomic mass is 79.9. The molecule has 2 amide bonds. The number of aryl methyl sites for hydroxylation is 1. The summed E-state index contributed by atoms with van der Waals surface area (Å²) in [6.07, 6.45) is 0. The van der Waals surface area contributed by atoms with Gasteiger partial charge in [0.25, 0.3) is 0 Å². The van der Waals surface area contributed by atoms with Crippen molar-refractivity contribution < 1.29 is 9.53 Å². The first-order chi connectivity index (χ1) is 8.02. The van der Waals surface area contributed by atoms with Crippen LogP contribution in [0.15, 0.2) is 22.7 Å². The molecular weight excluding hydrogens is 284 g/mol. The quantitative estimate of drug-likeness (QED) is 0.898. The summed E-state index contributed by atoms with van der Waals surface area (Å²) in [5.74, 6) is 0. The molecule has 94 valence electrons. The maximum Gasteiger partial charge on any atom is 0.319 e. The lowest BCUT2D eigenvalue weighted by Crippen LogP contribution is -2.38. The second kappa shape index (κ2) is 6.61. The van der Waals surface area contributed by atoms with Crippen LogP contribution < -0.4 is 10.6 Å². The molecule has 0 aliphatic heterocycles. The number of carbonyl (C=O) groups is 1. The molecule has 0 aliphatic carbocycles. The van der Waals surface area contributed by atoms with Crippen molar-refractivity contribution in [2.75, 3.05) is 19.0 Å². The van der Waals surface area contributed by atoms with Gasteiger partial charge in [-0.15, -0.1) is 0 Å². The van der Waals surface area contributed by atoms with E-state index >= 15 is 0 Å². The Kier molecular flexibility index (Phi) is 5.44. The molecule has 0 radical (unpaired) electrons. The summed E-state index contributed by atoms with van der Waals surface area (Å²) < 4.78 is 5.94. The van der Waals surface area contributed by atoms with Gasteiger partial charge in [-0.05, 0) is 37.6 Å². The molecular formula is C12H17BrN2O2. The number of carbonyl (C=O) groups excluding carboxylic acids is 1. The van der Waals surface area contributed by atoms with Crippen molar-refractivity contribution in [1.29, 1.82) is 0 Å². The Labute approximate surface area is 110 Å². The molecule has 1 atom stereocenters. The number of hydrogen-bond acceptors (Lipinski definition) is 2. The molecule has 0 unspecified atom stereocenters. The summed E-state index contributed by atoms with van der Waals surface area (Å²) >= 11 is 3.38. The van der Waals surface area contributed by atoms with Gasteiger partial charge in [-0.3, -0.25) is 0 Å². The average Bonchev–Trinajstić information content (AvgIpc) is 2.22. The van der Waals surface area contributed by atoms with Crippen LogP contribution in [0.2, 0.25) is 0 Å². The van der Waals surface area contributed by atoms with Crippen molar-refractivity contribution in [2.45, 2.75) is 19.9 Å². The van der Waals surface area contributed by atoms with Gasteiger partial charge in [0.15, 0.2) is 0 Å². The van der Waals surface area contributed by atoms with Gasteiger partial charge in [0, 0.05) is 17.3 Å². The monoisotopic (exact) mass is 300 g/mol. The van der Waals surface area contributed by atoms with Gasteiger partial charge in [-0.25, -0.2) is 4.79 Å². The van der Waals surface area contributed by atoms with Crippen molar-refractivity contribution >= 4 is 27.6 Å². The van der Waals surface area contributed by atoms with E-state index in [1.54, 1.807) is 7.11 Å². The minimum atomic E-state index is -0.222.